The summed E-state index contributed by atoms with van der Waals surface area (Å²) in [5.74, 6) is 1.16. The van der Waals surface area contributed by atoms with Gasteiger partial charge in [-0.15, -0.1) is 69.1 Å². The van der Waals surface area contributed by atoms with Crippen molar-refractivity contribution in [2.75, 3.05) is 0 Å². The van der Waals surface area contributed by atoms with Crippen LogP contribution in [-0.4, -0.2) is 0 Å². The van der Waals surface area contributed by atoms with Crippen molar-refractivity contribution in [2.24, 2.45) is 0 Å². The van der Waals surface area contributed by atoms with Crippen molar-refractivity contribution in [3.63, 3.8) is 0 Å². The van der Waals surface area contributed by atoms with Crippen molar-refractivity contribution in [1.82, 2.24) is 0 Å². The first kappa shape index (κ1) is 39.6. The van der Waals surface area contributed by atoms with E-state index >= 15 is 0 Å². The van der Waals surface area contributed by atoms with Gasteiger partial charge in [0.25, 0.3) is 0 Å². The summed E-state index contributed by atoms with van der Waals surface area (Å²) in [6, 6.07) is 40.1. The van der Waals surface area contributed by atoms with Gasteiger partial charge in [0, 0.05) is 0 Å². The third kappa shape index (κ3) is 9.78. The number of rotatable bonds is 4. The fourth-order valence-electron chi connectivity index (χ4n) is 5.15. The van der Waals surface area contributed by atoms with Crippen LogP contribution in [0.3, 0.4) is 0 Å². The van der Waals surface area contributed by atoms with Gasteiger partial charge in [0.1, 0.15) is 0 Å². The van der Waals surface area contributed by atoms with Crippen molar-refractivity contribution in [2.45, 2.75) is 59.8 Å². The average Bonchev–Trinajstić information content (AvgIpc) is 3.60. The molecule has 0 spiro atoms. The molecule has 0 N–H and O–H groups in total. The van der Waals surface area contributed by atoms with Crippen molar-refractivity contribution < 1.29 is 51.0 Å². The van der Waals surface area contributed by atoms with Gasteiger partial charge in [-0.3, -0.25) is 0 Å². The minimum absolute atomic E-state index is 0. The summed E-state index contributed by atoms with van der Waals surface area (Å²) < 4.78 is 0. The van der Waals surface area contributed by atoms with Gasteiger partial charge in [-0.1, -0.05) is 111 Å². The van der Waals surface area contributed by atoms with Gasteiger partial charge in [-0.05, 0) is 36.8 Å². The van der Waals surface area contributed by atoms with E-state index in [9.17, 15) is 0 Å². The molecule has 0 atom stereocenters. The van der Waals surface area contributed by atoms with Crippen LogP contribution in [-0.2, 0) is 26.2 Å². The summed E-state index contributed by atoms with van der Waals surface area (Å²) in [7, 11) is 0. The Balaban J connectivity index is 0.000000380. The monoisotopic (exact) mass is 696 g/mol. The Bertz CT molecular complexity index is 1560. The van der Waals surface area contributed by atoms with Crippen molar-refractivity contribution in [3.8, 4) is 22.3 Å². The summed E-state index contributed by atoms with van der Waals surface area (Å²) in [5, 5.41) is 5.44. The van der Waals surface area contributed by atoms with Gasteiger partial charge < -0.3 is 45.1 Å². The number of hydrogen-bond acceptors (Lipinski definition) is 0. The van der Waals surface area contributed by atoms with E-state index in [0.29, 0.717) is 11.8 Å². The van der Waals surface area contributed by atoms with E-state index in [-0.39, 0.29) is 51.0 Å². The molecular formula is C41H44Cl2Zr-4. The molecule has 0 amide bonds. The molecule has 3 heteroatoms. The summed E-state index contributed by atoms with van der Waals surface area (Å²) in [5.41, 5.74) is 10.7. The first-order valence-corrected chi connectivity index (χ1v) is 14.8. The second-order valence-electron chi connectivity index (χ2n) is 11.6. The standard InChI is InChI=1S/2C19H19.C3H6.2ClH.Zr/c2*1-13(2)17-11-16-5-4-6-18(19(16)12-17)15-9-7-14(3)8-10-15;1-3-2;;;/h2*4-13H,1-3H3;1-3H2;2*1H;/q2*-1;-2;;;+2/p-2. The van der Waals surface area contributed by atoms with Crippen LogP contribution in [0.1, 0.15) is 68.2 Å². The molecule has 0 unspecified atom stereocenters. The maximum atomic E-state index is 3.38. The molecule has 44 heavy (non-hydrogen) atoms. The Kier molecular flexibility index (Phi) is 16.7. The molecule has 0 radical (unpaired) electrons. The van der Waals surface area contributed by atoms with Crippen LogP contribution in [0, 0.1) is 27.7 Å². The van der Waals surface area contributed by atoms with Crippen LogP contribution in [0.5, 0.6) is 0 Å². The van der Waals surface area contributed by atoms with E-state index in [4.69, 9.17) is 0 Å². The number of halogens is 2. The molecule has 0 heterocycles. The van der Waals surface area contributed by atoms with Gasteiger partial charge in [-0.2, -0.15) is 12.1 Å². The SMILES string of the molecule is Cc1ccc(-c2cccc3[cH-]c(C(C)C)cc23)cc1.Cc1ccc(-c2cccc3[cH-]c(C(C)C)cc23)cc1.[CH2-]C[CH2-].[Cl-].[Cl-].[Zr+2]. The topological polar surface area (TPSA) is 0 Å². The van der Waals surface area contributed by atoms with Crippen molar-refractivity contribution in [1.29, 1.82) is 0 Å². The maximum Gasteiger partial charge on any atom is 2.00 e. The predicted octanol–water partition coefficient (Wildman–Crippen LogP) is 6.37. The quantitative estimate of drug-likeness (QED) is 0.188. The van der Waals surface area contributed by atoms with Gasteiger partial charge in [-0.25, -0.2) is 0 Å². The fraction of sp³-hybridized carbons (Fsp3) is 0.220. The Hall–Kier alpha value is -2.44. The molecule has 0 fully saturated rings. The smallest absolute Gasteiger partial charge is 1.00 e. The molecule has 0 aliphatic rings. The van der Waals surface area contributed by atoms with E-state index in [1.165, 1.54) is 66.1 Å². The first-order chi connectivity index (χ1) is 19.7. The summed E-state index contributed by atoms with van der Waals surface area (Å²) in [6.07, 6.45) is 0.750. The summed E-state index contributed by atoms with van der Waals surface area (Å²) >= 11 is 0. The van der Waals surface area contributed by atoms with Crippen LogP contribution < -0.4 is 24.8 Å². The summed E-state index contributed by atoms with van der Waals surface area (Å²) in [4.78, 5) is 0. The van der Waals surface area contributed by atoms with Crippen LogP contribution in [0.25, 0.3) is 43.8 Å². The molecule has 0 aliphatic heterocycles. The normalized spacial score (nSPS) is 10.2. The number of fused-ring (bicyclic) bond motifs is 2. The zero-order valence-corrected chi connectivity index (χ0v) is 30.9. The molecule has 0 saturated heterocycles. The molecule has 0 bridgehead atoms. The number of hydrogen-bond donors (Lipinski definition) is 0. The molecular weight excluding hydrogens is 655 g/mol. The maximum absolute atomic E-state index is 3.38. The Labute approximate surface area is 298 Å². The number of aryl methyl sites for hydroxylation is 2. The molecule has 6 aromatic carbocycles. The molecule has 0 saturated carbocycles. The van der Waals surface area contributed by atoms with Crippen LogP contribution in [0.4, 0.5) is 0 Å². The zero-order valence-electron chi connectivity index (χ0n) is 26.9. The first-order valence-electron chi connectivity index (χ1n) is 14.8. The van der Waals surface area contributed by atoms with E-state index in [1.807, 2.05) is 0 Å². The number of benzene rings is 4. The van der Waals surface area contributed by atoms with Gasteiger partial charge in [0.15, 0.2) is 0 Å². The molecule has 6 rings (SSSR count). The predicted molar refractivity (Wildman–Crippen MR) is 183 cm³/mol. The average molecular weight is 699 g/mol. The molecule has 0 nitrogen and oxygen atoms in total. The minimum Gasteiger partial charge on any atom is -1.00 e. The van der Waals surface area contributed by atoms with Crippen LogP contribution >= 0.6 is 0 Å². The van der Waals surface area contributed by atoms with Crippen molar-refractivity contribution in [3.05, 3.63) is 145 Å². The van der Waals surface area contributed by atoms with Crippen LogP contribution in [0.15, 0.2) is 109 Å². The summed E-state index contributed by atoms with van der Waals surface area (Å²) in [6.45, 7) is 20.0. The molecule has 6 aromatic rings. The molecule has 230 valence electrons. The van der Waals surface area contributed by atoms with Gasteiger partial charge in [0.2, 0.25) is 0 Å². The van der Waals surface area contributed by atoms with E-state index in [2.05, 4.69) is 165 Å². The Morgan fingerprint density at radius 2 is 0.864 bits per heavy atom. The second-order valence-corrected chi connectivity index (χ2v) is 11.6. The van der Waals surface area contributed by atoms with E-state index in [0.717, 1.165) is 6.42 Å². The molecule has 0 aliphatic carbocycles. The fourth-order valence-corrected chi connectivity index (χ4v) is 5.15. The minimum atomic E-state index is 0. The second kappa shape index (κ2) is 18.5. The van der Waals surface area contributed by atoms with Crippen LogP contribution in [0.2, 0.25) is 0 Å². The van der Waals surface area contributed by atoms with E-state index < -0.39 is 0 Å². The third-order valence-corrected chi connectivity index (χ3v) is 7.60. The third-order valence-electron chi connectivity index (χ3n) is 7.60. The van der Waals surface area contributed by atoms with E-state index in [1.54, 1.807) is 0 Å². The zero-order chi connectivity index (χ0) is 29.5. The van der Waals surface area contributed by atoms with Crippen molar-refractivity contribution >= 4 is 21.5 Å². The van der Waals surface area contributed by atoms with Gasteiger partial charge >= 0.3 is 26.2 Å². The largest absolute Gasteiger partial charge is 2.00 e. The molecule has 0 aromatic heterocycles. The Morgan fingerprint density at radius 1 is 0.545 bits per heavy atom. The van der Waals surface area contributed by atoms with Gasteiger partial charge in [0.05, 0.1) is 0 Å². The Morgan fingerprint density at radius 3 is 1.16 bits per heavy atom.